The normalized spacial score (nSPS) is 21.0. The maximum Gasteiger partial charge on any atom is 0.490 e. The molecule has 1 aromatic rings. The summed E-state index contributed by atoms with van der Waals surface area (Å²) in [5, 5.41) is 9.24. The Hall–Kier alpha value is -1.17. The van der Waals surface area contributed by atoms with Crippen LogP contribution in [0.3, 0.4) is 0 Å². The minimum absolute atomic E-state index is 0.0838. The molecule has 2 saturated heterocycles. The zero-order chi connectivity index (χ0) is 20.3. The number of alkyl halides is 3. The van der Waals surface area contributed by atoms with E-state index in [2.05, 4.69) is 22.4 Å². The van der Waals surface area contributed by atoms with Crippen molar-refractivity contribution < 1.29 is 31.5 Å². The molecular formula is C16H23F3N2O4S2. The molecule has 0 bridgehead atoms. The van der Waals surface area contributed by atoms with E-state index in [-0.39, 0.29) is 5.54 Å². The maximum absolute atomic E-state index is 12.0. The van der Waals surface area contributed by atoms with E-state index in [1.165, 1.54) is 11.1 Å². The van der Waals surface area contributed by atoms with Crippen LogP contribution < -0.4 is 0 Å². The van der Waals surface area contributed by atoms with Gasteiger partial charge in [0.2, 0.25) is 10.0 Å². The van der Waals surface area contributed by atoms with Gasteiger partial charge in [-0.05, 0) is 37.1 Å². The highest BCUT2D eigenvalue weighted by molar-refractivity contribution is 7.88. The Morgan fingerprint density at radius 2 is 1.85 bits per heavy atom. The third-order valence-corrected chi connectivity index (χ3v) is 7.15. The molecular weight excluding hydrogens is 405 g/mol. The second-order valence-corrected chi connectivity index (χ2v) is 9.76. The summed E-state index contributed by atoms with van der Waals surface area (Å²) in [6, 6.07) is 4.27. The number of halogens is 3. The van der Waals surface area contributed by atoms with Gasteiger partial charge in [-0.3, -0.25) is 4.90 Å². The lowest BCUT2D eigenvalue weighted by atomic mass is 9.86. The van der Waals surface area contributed by atoms with Crippen molar-refractivity contribution in [2.24, 2.45) is 0 Å². The number of thiophene rings is 1. The minimum Gasteiger partial charge on any atom is -0.475 e. The van der Waals surface area contributed by atoms with Crippen molar-refractivity contribution in [1.29, 1.82) is 0 Å². The number of likely N-dealkylation sites (tertiary alicyclic amines) is 1. The molecule has 1 N–H and O–H groups in total. The number of nitrogens with zero attached hydrogens (tertiary/aromatic N) is 2. The first kappa shape index (κ1) is 22.1. The molecule has 154 valence electrons. The highest BCUT2D eigenvalue weighted by Crippen LogP contribution is 2.40. The fourth-order valence-corrected chi connectivity index (χ4v) is 5.87. The summed E-state index contributed by atoms with van der Waals surface area (Å²) >= 11 is 1.80. The zero-order valence-electron chi connectivity index (χ0n) is 14.9. The average Bonchev–Trinajstić information content (AvgIpc) is 3.19. The smallest absolute Gasteiger partial charge is 0.475 e. The fourth-order valence-electron chi connectivity index (χ4n) is 3.68. The second kappa shape index (κ2) is 8.46. The molecule has 3 rings (SSSR count). The lowest BCUT2D eigenvalue weighted by Gasteiger charge is -2.43. The van der Waals surface area contributed by atoms with Gasteiger partial charge in [0.05, 0.1) is 6.26 Å². The van der Waals surface area contributed by atoms with E-state index in [0.29, 0.717) is 6.54 Å². The SMILES string of the molecule is CS(=O)(=O)N1CCCC12CCN(Cc1cccs1)CC2.O=C(O)C(F)(F)F. The minimum atomic E-state index is -5.08. The lowest BCUT2D eigenvalue weighted by Crippen LogP contribution is -2.53. The lowest BCUT2D eigenvalue weighted by molar-refractivity contribution is -0.192. The van der Waals surface area contributed by atoms with Crippen LogP contribution in [-0.2, 0) is 21.4 Å². The molecule has 6 nitrogen and oxygen atoms in total. The standard InChI is InChI=1S/C14H22N2O2S2.C2HF3O2/c1-20(17,18)16-8-3-5-14(16)6-9-15(10-7-14)12-13-4-2-11-19-13;3-2(4,5)1(6)7/h2,4,11H,3,5-10,12H2,1H3;(H,6,7). The molecule has 0 saturated carbocycles. The van der Waals surface area contributed by atoms with Crippen molar-refractivity contribution in [3.63, 3.8) is 0 Å². The zero-order valence-corrected chi connectivity index (χ0v) is 16.5. The quantitative estimate of drug-likeness (QED) is 0.801. The molecule has 1 aromatic heterocycles. The third kappa shape index (κ3) is 5.90. The average molecular weight is 428 g/mol. The Morgan fingerprint density at radius 3 is 2.30 bits per heavy atom. The van der Waals surface area contributed by atoms with Crippen LogP contribution in [0.2, 0.25) is 0 Å². The van der Waals surface area contributed by atoms with Crippen molar-refractivity contribution >= 4 is 27.3 Å². The van der Waals surface area contributed by atoms with Crippen molar-refractivity contribution in [3.8, 4) is 0 Å². The summed E-state index contributed by atoms with van der Waals surface area (Å²) < 4.78 is 57.4. The molecule has 0 atom stereocenters. The van der Waals surface area contributed by atoms with Gasteiger partial charge in [-0.1, -0.05) is 6.07 Å². The van der Waals surface area contributed by atoms with Crippen molar-refractivity contribution in [3.05, 3.63) is 22.4 Å². The molecule has 0 amide bonds. The fraction of sp³-hybridized carbons (Fsp3) is 0.688. The number of carbonyl (C=O) groups is 1. The van der Waals surface area contributed by atoms with E-state index in [0.717, 1.165) is 45.3 Å². The number of carboxylic acids is 1. The maximum atomic E-state index is 12.0. The van der Waals surface area contributed by atoms with Crippen LogP contribution in [0.15, 0.2) is 17.5 Å². The predicted molar refractivity (Wildman–Crippen MR) is 96.0 cm³/mol. The van der Waals surface area contributed by atoms with Gasteiger partial charge in [0.1, 0.15) is 0 Å². The number of aliphatic carboxylic acids is 1. The Balaban J connectivity index is 0.000000321. The first-order valence-corrected chi connectivity index (χ1v) is 11.2. The van der Waals surface area contributed by atoms with Crippen LogP contribution in [0, 0.1) is 0 Å². The van der Waals surface area contributed by atoms with Gasteiger partial charge in [-0.25, -0.2) is 13.2 Å². The van der Waals surface area contributed by atoms with Crippen molar-refractivity contribution in [1.82, 2.24) is 9.21 Å². The topological polar surface area (TPSA) is 77.9 Å². The molecule has 3 heterocycles. The summed E-state index contributed by atoms with van der Waals surface area (Å²) in [6.07, 6.45) is 0.278. The molecule has 2 aliphatic heterocycles. The number of sulfonamides is 1. The van der Waals surface area contributed by atoms with E-state index in [1.54, 1.807) is 15.6 Å². The van der Waals surface area contributed by atoms with Gasteiger partial charge in [-0.15, -0.1) is 11.3 Å². The molecule has 0 radical (unpaired) electrons. The van der Waals surface area contributed by atoms with E-state index in [4.69, 9.17) is 9.90 Å². The summed E-state index contributed by atoms with van der Waals surface area (Å²) in [7, 11) is -3.06. The van der Waals surface area contributed by atoms with Crippen LogP contribution in [0.5, 0.6) is 0 Å². The number of hydrogen-bond acceptors (Lipinski definition) is 5. The van der Waals surface area contributed by atoms with Gasteiger partial charge in [0.25, 0.3) is 0 Å². The Bertz CT molecular complexity index is 727. The van der Waals surface area contributed by atoms with E-state index in [9.17, 15) is 21.6 Å². The van der Waals surface area contributed by atoms with Crippen LogP contribution in [0.4, 0.5) is 13.2 Å². The number of hydrogen-bond donors (Lipinski definition) is 1. The molecule has 27 heavy (non-hydrogen) atoms. The predicted octanol–water partition coefficient (Wildman–Crippen LogP) is 2.77. The van der Waals surface area contributed by atoms with Gasteiger partial charge >= 0.3 is 12.1 Å². The number of carboxylic acid groups (broad SMARTS) is 1. The summed E-state index contributed by atoms with van der Waals surface area (Å²) in [5.41, 5.74) is -0.0838. The highest BCUT2D eigenvalue weighted by Gasteiger charge is 2.47. The first-order valence-electron chi connectivity index (χ1n) is 8.47. The summed E-state index contributed by atoms with van der Waals surface area (Å²) in [4.78, 5) is 12.7. The third-order valence-electron chi connectivity index (χ3n) is 4.92. The summed E-state index contributed by atoms with van der Waals surface area (Å²) in [6.45, 7) is 3.73. The van der Waals surface area contributed by atoms with Gasteiger partial charge in [-0.2, -0.15) is 17.5 Å². The Kier molecular flexibility index (Phi) is 6.93. The molecule has 11 heteroatoms. The molecule has 2 fully saturated rings. The largest absolute Gasteiger partial charge is 0.490 e. The highest BCUT2D eigenvalue weighted by atomic mass is 32.2. The molecule has 0 unspecified atom stereocenters. The van der Waals surface area contributed by atoms with Gasteiger partial charge < -0.3 is 5.11 Å². The molecule has 0 aliphatic carbocycles. The van der Waals surface area contributed by atoms with Gasteiger partial charge in [0, 0.05) is 36.6 Å². The van der Waals surface area contributed by atoms with E-state index < -0.39 is 22.2 Å². The molecule has 0 aromatic carbocycles. The monoisotopic (exact) mass is 428 g/mol. The second-order valence-electron chi connectivity index (χ2n) is 6.82. The van der Waals surface area contributed by atoms with Crippen LogP contribution in [-0.4, -0.2) is 66.3 Å². The van der Waals surface area contributed by atoms with Crippen LogP contribution >= 0.6 is 11.3 Å². The first-order chi connectivity index (χ1) is 12.4. The van der Waals surface area contributed by atoms with Crippen LogP contribution in [0.25, 0.3) is 0 Å². The van der Waals surface area contributed by atoms with Crippen LogP contribution in [0.1, 0.15) is 30.6 Å². The van der Waals surface area contributed by atoms with E-state index >= 15 is 0 Å². The molecule has 1 spiro atoms. The Morgan fingerprint density at radius 1 is 1.26 bits per heavy atom. The molecule has 2 aliphatic rings. The van der Waals surface area contributed by atoms with E-state index in [1.807, 2.05) is 0 Å². The van der Waals surface area contributed by atoms with Crippen molar-refractivity contribution in [2.45, 2.75) is 43.9 Å². The summed E-state index contributed by atoms with van der Waals surface area (Å²) in [5.74, 6) is -2.76. The Labute approximate surface area is 160 Å². The number of piperidine rings is 1. The van der Waals surface area contributed by atoms with Crippen molar-refractivity contribution in [2.75, 3.05) is 25.9 Å². The van der Waals surface area contributed by atoms with Gasteiger partial charge in [0.15, 0.2) is 0 Å². The number of rotatable bonds is 3.